The minimum atomic E-state index is -0.468. The van der Waals surface area contributed by atoms with Gasteiger partial charge in [0.1, 0.15) is 5.69 Å². The second-order valence-corrected chi connectivity index (χ2v) is 7.64. The lowest BCUT2D eigenvalue weighted by atomic mass is 10.0. The molecule has 1 aliphatic rings. The van der Waals surface area contributed by atoms with E-state index >= 15 is 0 Å². The normalized spacial score (nSPS) is 15.3. The predicted molar refractivity (Wildman–Crippen MR) is 120 cm³/mol. The molecule has 2 aromatic carbocycles. The van der Waals surface area contributed by atoms with Gasteiger partial charge in [-0.3, -0.25) is 19.8 Å². The van der Waals surface area contributed by atoms with E-state index in [1.807, 2.05) is 18.2 Å². The quantitative estimate of drug-likeness (QED) is 0.330. The number of ketones is 1. The maximum Gasteiger partial charge on any atom is 0.293 e. The van der Waals surface area contributed by atoms with Crippen LogP contribution in [0.3, 0.4) is 0 Å². The number of ether oxygens (including phenoxy) is 1. The Morgan fingerprint density at radius 3 is 2.62 bits per heavy atom. The first kappa shape index (κ1) is 21.7. The topological polar surface area (TPSA) is 103 Å². The Morgan fingerprint density at radius 2 is 1.97 bits per heavy atom. The molecule has 0 bridgehead atoms. The standard InChI is InChI=1S/C23H25N5O4/c1-26-10-9-24-23(26)22(29)18-7-8-19(20(15-18)28(30)31)25-16-21(17-5-3-2-4-6-17)27-11-13-32-14-12-27/h2-10,15,21,25H,11-14,16H2,1H3. The maximum absolute atomic E-state index is 12.7. The number of hydrogen-bond acceptors (Lipinski definition) is 7. The SMILES string of the molecule is Cn1ccnc1C(=O)c1ccc(NCC(c2ccccc2)N2CCOCC2)c([N+](=O)[O-])c1. The Balaban J connectivity index is 1.57. The van der Waals surface area contributed by atoms with Gasteiger partial charge in [0.05, 0.1) is 24.2 Å². The summed E-state index contributed by atoms with van der Waals surface area (Å²) in [6.07, 6.45) is 3.18. The summed E-state index contributed by atoms with van der Waals surface area (Å²) < 4.78 is 7.07. The second-order valence-electron chi connectivity index (χ2n) is 7.64. The Bertz CT molecular complexity index is 1090. The van der Waals surface area contributed by atoms with Gasteiger partial charge in [0, 0.05) is 50.7 Å². The Hall–Kier alpha value is -3.56. The van der Waals surface area contributed by atoms with Crippen molar-refractivity contribution in [2.45, 2.75) is 6.04 Å². The first-order valence-electron chi connectivity index (χ1n) is 10.5. The van der Waals surface area contributed by atoms with Crippen molar-refractivity contribution >= 4 is 17.2 Å². The molecule has 0 spiro atoms. The fourth-order valence-electron chi connectivity index (χ4n) is 3.92. The van der Waals surface area contributed by atoms with Crippen LogP contribution >= 0.6 is 0 Å². The van der Waals surface area contributed by atoms with Crippen molar-refractivity contribution in [1.29, 1.82) is 0 Å². The summed E-state index contributed by atoms with van der Waals surface area (Å²) >= 11 is 0. The molecule has 32 heavy (non-hydrogen) atoms. The monoisotopic (exact) mass is 435 g/mol. The Labute approximate surface area is 185 Å². The third kappa shape index (κ3) is 4.68. The van der Waals surface area contributed by atoms with E-state index in [-0.39, 0.29) is 28.9 Å². The molecule has 166 valence electrons. The molecule has 3 aromatic rings. The van der Waals surface area contributed by atoms with E-state index in [1.54, 1.807) is 29.9 Å². The molecule has 1 aliphatic heterocycles. The first-order chi connectivity index (χ1) is 15.5. The van der Waals surface area contributed by atoms with Gasteiger partial charge in [-0.2, -0.15) is 0 Å². The van der Waals surface area contributed by atoms with Gasteiger partial charge in [0.25, 0.3) is 5.69 Å². The molecule has 0 saturated carbocycles. The van der Waals surface area contributed by atoms with Gasteiger partial charge in [0.2, 0.25) is 5.78 Å². The minimum absolute atomic E-state index is 0.0357. The number of nitrogens with one attached hydrogen (secondary N) is 1. The number of aryl methyl sites for hydroxylation is 1. The van der Waals surface area contributed by atoms with E-state index in [4.69, 9.17) is 4.74 Å². The van der Waals surface area contributed by atoms with Crippen LogP contribution in [0.25, 0.3) is 0 Å². The molecule has 9 nitrogen and oxygen atoms in total. The number of aromatic nitrogens is 2. The number of nitro groups is 1. The van der Waals surface area contributed by atoms with Gasteiger partial charge >= 0.3 is 0 Å². The average Bonchev–Trinajstić information content (AvgIpc) is 3.26. The number of carbonyl (C=O) groups excluding carboxylic acids is 1. The van der Waals surface area contributed by atoms with Crippen LogP contribution < -0.4 is 5.32 Å². The third-order valence-electron chi connectivity index (χ3n) is 5.64. The molecular weight excluding hydrogens is 410 g/mol. The summed E-state index contributed by atoms with van der Waals surface area (Å²) in [6, 6.07) is 14.6. The van der Waals surface area contributed by atoms with Crippen LogP contribution in [-0.2, 0) is 11.8 Å². The van der Waals surface area contributed by atoms with Crippen LogP contribution in [0, 0.1) is 10.1 Å². The number of nitro benzene ring substituents is 1. The van der Waals surface area contributed by atoms with Gasteiger partial charge in [-0.1, -0.05) is 30.3 Å². The van der Waals surface area contributed by atoms with Gasteiger partial charge < -0.3 is 14.6 Å². The molecular formula is C23H25N5O4. The largest absolute Gasteiger partial charge is 0.379 e. The highest BCUT2D eigenvalue weighted by molar-refractivity contribution is 6.07. The third-order valence-corrected chi connectivity index (χ3v) is 5.64. The van der Waals surface area contributed by atoms with Crippen LogP contribution in [-0.4, -0.2) is 58.0 Å². The zero-order chi connectivity index (χ0) is 22.5. The fraction of sp³-hybridized carbons (Fsp3) is 0.304. The highest BCUT2D eigenvalue weighted by Gasteiger charge is 2.25. The smallest absolute Gasteiger partial charge is 0.293 e. The summed E-state index contributed by atoms with van der Waals surface area (Å²) in [5.74, 6) is -0.126. The number of carbonyl (C=O) groups is 1. The van der Waals surface area contributed by atoms with Crippen LogP contribution in [0.1, 0.15) is 27.8 Å². The van der Waals surface area contributed by atoms with Crippen molar-refractivity contribution in [2.75, 3.05) is 38.2 Å². The molecule has 0 radical (unpaired) electrons. The minimum Gasteiger partial charge on any atom is -0.379 e. The molecule has 0 aliphatic carbocycles. The fourth-order valence-corrected chi connectivity index (χ4v) is 3.92. The number of hydrogen-bond donors (Lipinski definition) is 1. The van der Waals surface area contributed by atoms with E-state index < -0.39 is 4.92 Å². The first-order valence-corrected chi connectivity index (χ1v) is 10.5. The zero-order valence-electron chi connectivity index (χ0n) is 17.8. The van der Waals surface area contributed by atoms with Gasteiger partial charge in [-0.25, -0.2) is 4.98 Å². The van der Waals surface area contributed by atoms with Crippen LogP contribution in [0.4, 0.5) is 11.4 Å². The van der Waals surface area contributed by atoms with Crippen LogP contribution in [0.2, 0.25) is 0 Å². The summed E-state index contributed by atoms with van der Waals surface area (Å²) in [5, 5.41) is 15.0. The molecule has 9 heteroatoms. The Kier molecular flexibility index (Phi) is 6.58. The number of benzene rings is 2. The van der Waals surface area contributed by atoms with Crippen molar-refractivity contribution in [1.82, 2.24) is 14.5 Å². The van der Waals surface area contributed by atoms with Crippen molar-refractivity contribution in [3.05, 3.63) is 88.0 Å². The molecule has 1 atom stereocenters. The molecule has 0 amide bonds. The molecule has 1 aromatic heterocycles. The summed E-state index contributed by atoms with van der Waals surface area (Å²) in [6.45, 7) is 3.39. The molecule has 1 unspecified atom stereocenters. The van der Waals surface area contributed by atoms with Crippen LogP contribution in [0.5, 0.6) is 0 Å². The number of imidazole rings is 1. The van der Waals surface area contributed by atoms with Crippen molar-refractivity contribution in [2.24, 2.45) is 7.05 Å². The van der Waals surface area contributed by atoms with E-state index in [1.165, 1.54) is 12.3 Å². The lowest BCUT2D eigenvalue weighted by Crippen LogP contribution is -2.41. The van der Waals surface area contributed by atoms with Crippen molar-refractivity contribution in [3.63, 3.8) is 0 Å². The summed E-state index contributed by atoms with van der Waals surface area (Å²) in [7, 11) is 1.71. The summed E-state index contributed by atoms with van der Waals surface area (Å²) in [4.78, 5) is 30.4. The van der Waals surface area contributed by atoms with E-state index in [0.717, 1.165) is 18.7 Å². The zero-order valence-corrected chi connectivity index (χ0v) is 17.8. The second kappa shape index (κ2) is 9.71. The van der Waals surface area contributed by atoms with E-state index in [9.17, 15) is 14.9 Å². The Morgan fingerprint density at radius 1 is 1.22 bits per heavy atom. The van der Waals surface area contributed by atoms with Crippen molar-refractivity contribution in [3.8, 4) is 0 Å². The lowest BCUT2D eigenvalue weighted by molar-refractivity contribution is -0.384. The van der Waals surface area contributed by atoms with E-state index in [0.29, 0.717) is 25.4 Å². The van der Waals surface area contributed by atoms with Crippen molar-refractivity contribution < 1.29 is 14.5 Å². The molecule has 1 fully saturated rings. The maximum atomic E-state index is 12.7. The molecule has 1 N–H and O–H groups in total. The molecule has 4 rings (SSSR count). The van der Waals surface area contributed by atoms with Gasteiger partial charge in [-0.05, 0) is 17.7 Å². The average molecular weight is 435 g/mol. The van der Waals surface area contributed by atoms with Gasteiger partial charge in [0.15, 0.2) is 5.82 Å². The predicted octanol–water partition coefficient (Wildman–Crippen LogP) is 3.04. The molecule has 2 heterocycles. The van der Waals surface area contributed by atoms with Gasteiger partial charge in [-0.15, -0.1) is 0 Å². The summed E-state index contributed by atoms with van der Waals surface area (Å²) in [5.41, 5.74) is 1.59. The van der Waals surface area contributed by atoms with E-state index in [2.05, 4.69) is 27.3 Å². The highest BCUT2D eigenvalue weighted by atomic mass is 16.6. The number of morpholine rings is 1. The lowest BCUT2D eigenvalue weighted by Gasteiger charge is -2.35. The number of anilines is 1. The highest BCUT2D eigenvalue weighted by Crippen LogP contribution is 2.29. The number of nitrogens with zero attached hydrogens (tertiary/aromatic N) is 4. The number of rotatable bonds is 8. The molecule has 1 saturated heterocycles. The van der Waals surface area contributed by atoms with Crippen LogP contribution in [0.15, 0.2) is 60.9 Å².